The molecule has 1 aromatic heterocycles. The Hall–Kier alpha value is -4.42. The topological polar surface area (TPSA) is 140 Å². The van der Waals surface area contributed by atoms with E-state index in [4.69, 9.17) is 5.21 Å². The first-order valence-corrected chi connectivity index (χ1v) is 10.1. The van der Waals surface area contributed by atoms with Gasteiger partial charge in [-0.1, -0.05) is 24.0 Å². The summed E-state index contributed by atoms with van der Waals surface area (Å²) in [7, 11) is 0. The lowest BCUT2D eigenvalue weighted by Crippen LogP contribution is -2.46. The predicted octanol–water partition coefficient (Wildman–Crippen LogP) is 2.10. The second-order valence-corrected chi connectivity index (χ2v) is 7.50. The van der Waals surface area contributed by atoms with Gasteiger partial charge in [0.05, 0.1) is 11.1 Å². The second kappa shape index (κ2) is 8.98. The second-order valence-electron chi connectivity index (χ2n) is 7.50. The summed E-state index contributed by atoms with van der Waals surface area (Å²) in [5.41, 5.74) is 3.96. The summed E-state index contributed by atoms with van der Waals surface area (Å²) in [6.45, 7) is 0. The monoisotopic (exact) mass is 445 g/mol. The lowest BCUT2D eigenvalue weighted by atomic mass is 10.0. The van der Waals surface area contributed by atoms with Gasteiger partial charge in [-0.05, 0) is 35.9 Å². The number of rotatable bonds is 6. The molecule has 0 spiro atoms. The van der Waals surface area contributed by atoms with Crippen LogP contribution in [0.4, 0.5) is 0 Å². The summed E-state index contributed by atoms with van der Waals surface area (Å²) in [5, 5.41) is 19.1. The number of H-pyrrole nitrogens is 1. The van der Waals surface area contributed by atoms with Crippen molar-refractivity contribution in [2.75, 3.05) is 0 Å². The highest BCUT2D eigenvalue weighted by atomic mass is 16.5. The normalized spacial score (nSPS) is 13.4. The van der Waals surface area contributed by atoms with Crippen LogP contribution in [0.5, 0.6) is 0 Å². The third-order valence-electron chi connectivity index (χ3n) is 5.44. The zero-order chi connectivity index (χ0) is 23.5. The van der Waals surface area contributed by atoms with E-state index in [1.54, 1.807) is 42.0 Å². The van der Waals surface area contributed by atoms with Gasteiger partial charge in [0, 0.05) is 41.9 Å². The first-order valence-electron chi connectivity index (χ1n) is 10.1. The Morgan fingerprint density at radius 1 is 1.09 bits per heavy atom. The van der Waals surface area contributed by atoms with E-state index in [1.165, 1.54) is 12.1 Å². The van der Waals surface area contributed by atoms with E-state index in [0.717, 1.165) is 15.8 Å². The highest BCUT2D eigenvalue weighted by Crippen LogP contribution is 2.28. The highest BCUT2D eigenvalue weighted by Gasteiger charge is 2.42. The van der Waals surface area contributed by atoms with Gasteiger partial charge in [0.2, 0.25) is 5.91 Å². The molecule has 0 saturated carbocycles. The Morgan fingerprint density at radius 2 is 1.79 bits per heavy atom. The molecule has 0 radical (unpaired) electrons. The van der Waals surface area contributed by atoms with Crippen molar-refractivity contribution in [3.05, 3.63) is 70.9 Å². The van der Waals surface area contributed by atoms with Gasteiger partial charge >= 0.3 is 5.97 Å². The smallest absolute Gasteiger partial charge is 0.327 e. The van der Waals surface area contributed by atoms with Crippen molar-refractivity contribution in [1.82, 2.24) is 15.4 Å². The molecule has 3 amide bonds. The summed E-state index contributed by atoms with van der Waals surface area (Å²) in [6.07, 6.45) is 1.89. The average Bonchev–Trinajstić information content (AvgIpc) is 3.33. The molecule has 166 valence electrons. The maximum Gasteiger partial charge on any atom is 0.327 e. The zero-order valence-corrected chi connectivity index (χ0v) is 17.3. The molecule has 9 heteroatoms. The average molecular weight is 445 g/mol. The first-order chi connectivity index (χ1) is 15.9. The Labute approximate surface area is 188 Å². The maximum atomic E-state index is 12.8. The van der Waals surface area contributed by atoms with Crippen LogP contribution in [0.15, 0.2) is 48.7 Å². The molecule has 9 nitrogen and oxygen atoms in total. The summed E-state index contributed by atoms with van der Waals surface area (Å²) in [5.74, 6) is 2.72. The number of amides is 3. The number of benzene rings is 2. The fourth-order valence-corrected chi connectivity index (χ4v) is 3.81. The van der Waals surface area contributed by atoms with E-state index in [2.05, 4.69) is 16.8 Å². The number of hydrogen-bond acceptors (Lipinski definition) is 5. The zero-order valence-electron chi connectivity index (χ0n) is 17.3. The van der Waals surface area contributed by atoms with Crippen molar-refractivity contribution in [1.29, 1.82) is 0 Å². The summed E-state index contributed by atoms with van der Waals surface area (Å²) < 4.78 is 0. The van der Waals surface area contributed by atoms with Crippen LogP contribution < -0.4 is 5.48 Å². The minimum atomic E-state index is -1.37. The largest absolute Gasteiger partial charge is 0.480 e. The van der Waals surface area contributed by atoms with Crippen LogP contribution in [-0.2, 0) is 16.0 Å². The fourth-order valence-electron chi connectivity index (χ4n) is 3.81. The maximum absolute atomic E-state index is 12.8. The van der Waals surface area contributed by atoms with Crippen molar-refractivity contribution in [3.63, 3.8) is 0 Å². The molecule has 2 aromatic carbocycles. The quantitative estimate of drug-likeness (QED) is 0.198. The van der Waals surface area contributed by atoms with E-state index < -0.39 is 29.7 Å². The summed E-state index contributed by atoms with van der Waals surface area (Å²) in [4.78, 5) is 52.6. The van der Waals surface area contributed by atoms with E-state index in [-0.39, 0.29) is 30.4 Å². The van der Waals surface area contributed by atoms with Crippen LogP contribution in [-0.4, -0.2) is 49.9 Å². The van der Waals surface area contributed by atoms with Gasteiger partial charge in [-0.25, -0.2) is 10.3 Å². The Morgan fingerprint density at radius 3 is 2.42 bits per heavy atom. The summed E-state index contributed by atoms with van der Waals surface area (Å²) in [6, 6.07) is 10.3. The van der Waals surface area contributed by atoms with Gasteiger partial charge in [-0.15, -0.1) is 0 Å². The number of hydroxylamine groups is 1. The molecule has 0 aliphatic carbocycles. The van der Waals surface area contributed by atoms with Crippen molar-refractivity contribution in [2.24, 2.45) is 0 Å². The lowest BCUT2D eigenvalue weighted by Gasteiger charge is -2.22. The molecular weight excluding hydrogens is 426 g/mol. The number of aromatic amines is 1. The number of aromatic nitrogens is 1. The van der Waals surface area contributed by atoms with E-state index in [9.17, 15) is 24.3 Å². The molecule has 1 atom stereocenters. The number of aliphatic carboxylic acids is 1. The predicted molar refractivity (Wildman–Crippen MR) is 116 cm³/mol. The molecular formula is C24H19N3O6. The number of nitrogens with one attached hydrogen (secondary N) is 2. The van der Waals surface area contributed by atoms with Gasteiger partial charge < -0.3 is 10.1 Å². The van der Waals surface area contributed by atoms with Crippen LogP contribution in [0.2, 0.25) is 0 Å². The van der Waals surface area contributed by atoms with Crippen molar-refractivity contribution in [2.45, 2.75) is 25.3 Å². The van der Waals surface area contributed by atoms with Crippen LogP contribution in [0.25, 0.3) is 10.9 Å². The molecule has 0 fully saturated rings. The van der Waals surface area contributed by atoms with Crippen LogP contribution in [0.3, 0.4) is 0 Å². The van der Waals surface area contributed by atoms with Crippen LogP contribution in [0, 0.1) is 11.8 Å². The van der Waals surface area contributed by atoms with Crippen LogP contribution in [0.1, 0.15) is 44.7 Å². The lowest BCUT2D eigenvalue weighted by molar-refractivity contribution is -0.141. The number of carbonyl (C=O) groups is 4. The molecule has 0 bridgehead atoms. The van der Waals surface area contributed by atoms with Gasteiger partial charge in [-0.2, -0.15) is 0 Å². The molecule has 1 aliphatic heterocycles. The van der Waals surface area contributed by atoms with E-state index in [1.807, 2.05) is 0 Å². The van der Waals surface area contributed by atoms with Crippen molar-refractivity contribution < 1.29 is 29.5 Å². The number of carboxylic acid groups (broad SMARTS) is 1. The SMILES string of the molecule is O=C(CCC#Cc1ccc2[nH]cc(CC(C(=O)O)N3C(=O)c4ccccc4C3=O)c2c1)NO. The van der Waals surface area contributed by atoms with Gasteiger partial charge in [0.25, 0.3) is 11.8 Å². The molecule has 1 unspecified atom stereocenters. The van der Waals surface area contributed by atoms with Crippen molar-refractivity contribution >= 4 is 34.6 Å². The minimum Gasteiger partial charge on any atom is -0.480 e. The molecule has 33 heavy (non-hydrogen) atoms. The Bertz CT molecular complexity index is 1310. The first kappa shape index (κ1) is 21.8. The highest BCUT2D eigenvalue weighted by molar-refractivity contribution is 6.22. The molecule has 0 saturated heterocycles. The third-order valence-corrected chi connectivity index (χ3v) is 5.44. The molecule has 3 aromatic rings. The Balaban J connectivity index is 1.60. The van der Waals surface area contributed by atoms with Gasteiger partial charge in [0.1, 0.15) is 6.04 Å². The fraction of sp³-hybridized carbons (Fsp3) is 0.167. The van der Waals surface area contributed by atoms with E-state index >= 15 is 0 Å². The Kier molecular flexibility index (Phi) is 5.93. The number of carbonyl (C=O) groups excluding carboxylic acids is 3. The number of nitrogens with zero attached hydrogens (tertiary/aromatic N) is 1. The molecule has 1 aliphatic rings. The number of imide groups is 1. The number of fused-ring (bicyclic) bond motifs is 2. The standard InChI is InChI=1S/C24H19N3O6/c28-21(26-33)8-4-1-5-14-9-10-19-18(11-14)15(13-25-19)12-20(24(31)32)27-22(29)16-6-2-3-7-17(16)23(27)30/h2-3,6-7,9-11,13,20,25,33H,4,8,12H2,(H,26,28)(H,31,32). The van der Waals surface area contributed by atoms with Gasteiger partial charge in [0.15, 0.2) is 0 Å². The third kappa shape index (κ3) is 4.20. The number of carboxylic acids is 1. The van der Waals surface area contributed by atoms with Crippen LogP contribution >= 0.6 is 0 Å². The summed E-state index contributed by atoms with van der Waals surface area (Å²) >= 11 is 0. The van der Waals surface area contributed by atoms with E-state index in [0.29, 0.717) is 11.1 Å². The minimum absolute atomic E-state index is 0.0573. The van der Waals surface area contributed by atoms with Gasteiger partial charge in [-0.3, -0.25) is 24.5 Å². The molecule has 2 heterocycles. The van der Waals surface area contributed by atoms with Crippen molar-refractivity contribution in [3.8, 4) is 11.8 Å². The molecule has 4 N–H and O–H groups in total. The number of hydrogen-bond donors (Lipinski definition) is 4. The molecule has 4 rings (SSSR count).